The van der Waals surface area contributed by atoms with E-state index in [0.29, 0.717) is 24.0 Å². The Balaban J connectivity index is 1.93. The van der Waals surface area contributed by atoms with Gasteiger partial charge < -0.3 is 25.4 Å². The number of methoxy groups -OCH3 is 1. The number of hydrogen-bond donors (Lipinski definition) is 3. The fourth-order valence-corrected chi connectivity index (χ4v) is 3.41. The molecule has 2 aromatic carbocycles. The van der Waals surface area contributed by atoms with Crippen LogP contribution >= 0.6 is 0 Å². The summed E-state index contributed by atoms with van der Waals surface area (Å²) in [5.41, 5.74) is 9.01. The van der Waals surface area contributed by atoms with Crippen molar-refractivity contribution in [2.75, 3.05) is 19.5 Å². The van der Waals surface area contributed by atoms with E-state index in [2.05, 4.69) is 4.98 Å². The molecule has 0 spiro atoms. The summed E-state index contributed by atoms with van der Waals surface area (Å²) in [5.74, 6) is 2.05. The van der Waals surface area contributed by atoms with Crippen LogP contribution in [-0.4, -0.2) is 28.9 Å². The average molecular weight is 366 g/mol. The number of rotatable bonds is 4. The third kappa shape index (κ3) is 2.92. The molecule has 1 aliphatic heterocycles. The van der Waals surface area contributed by atoms with Gasteiger partial charge in [-0.25, -0.2) is 4.57 Å². The van der Waals surface area contributed by atoms with Gasteiger partial charge in [0.05, 0.1) is 26.2 Å². The first-order valence-corrected chi connectivity index (χ1v) is 8.55. The van der Waals surface area contributed by atoms with Crippen LogP contribution in [0.1, 0.15) is 22.6 Å². The lowest BCUT2D eigenvalue weighted by atomic mass is 9.83. The monoisotopic (exact) mass is 366 g/mol. The van der Waals surface area contributed by atoms with Crippen molar-refractivity contribution in [3.8, 4) is 23.1 Å². The van der Waals surface area contributed by atoms with Gasteiger partial charge in [0, 0.05) is 11.6 Å². The normalized spacial score (nSPS) is 14.8. The summed E-state index contributed by atoms with van der Waals surface area (Å²) in [6.45, 7) is 0.289. The van der Waals surface area contributed by atoms with Crippen molar-refractivity contribution in [1.82, 2.24) is 4.98 Å². The highest BCUT2D eigenvalue weighted by atomic mass is 16.5. The largest absolute Gasteiger partial charge is 0.508 e. The molecule has 7 nitrogen and oxygen atoms in total. The highest BCUT2D eigenvalue weighted by Crippen LogP contribution is 2.48. The van der Waals surface area contributed by atoms with Gasteiger partial charge in [-0.1, -0.05) is 23.2 Å². The van der Waals surface area contributed by atoms with Gasteiger partial charge in [0.25, 0.3) is 0 Å². The minimum absolute atomic E-state index is 0.0478. The molecule has 0 radical (unpaired) electrons. The molecule has 4 rings (SSSR count). The lowest BCUT2D eigenvalue weighted by Crippen LogP contribution is -2.41. The van der Waals surface area contributed by atoms with Crippen LogP contribution in [-0.2, 0) is 6.54 Å². The zero-order valence-corrected chi connectivity index (χ0v) is 14.8. The molecule has 7 heteroatoms. The van der Waals surface area contributed by atoms with Crippen molar-refractivity contribution >= 4 is 5.82 Å². The maximum absolute atomic E-state index is 9.86. The molecule has 0 bridgehead atoms. The topological polar surface area (TPSA) is 102 Å². The minimum Gasteiger partial charge on any atom is -0.508 e. The van der Waals surface area contributed by atoms with Crippen LogP contribution in [0.25, 0.3) is 0 Å². The van der Waals surface area contributed by atoms with Crippen LogP contribution in [0.4, 0.5) is 5.82 Å². The Bertz CT molecular complexity index is 989. The van der Waals surface area contributed by atoms with Gasteiger partial charge in [0.15, 0.2) is 0 Å². The van der Waals surface area contributed by atoms with Gasteiger partial charge in [-0.05, 0) is 23.8 Å². The van der Waals surface area contributed by atoms with Gasteiger partial charge in [-0.3, -0.25) is 0 Å². The summed E-state index contributed by atoms with van der Waals surface area (Å²) >= 11 is 0. The SMILES string of the molecule is COc1ccc([C@H]2c3ccc(O)cc3Oc3nc[n+](CCO)c(N)c32)cc1. The maximum Gasteiger partial charge on any atom is 0.306 e. The number of hydrogen-bond acceptors (Lipinski definition) is 6. The number of nitrogen functional groups attached to an aromatic ring is 1. The molecule has 0 saturated heterocycles. The highest BCUT2D eigenvalue weighted by Gasteiger charge is 2.36. The van der Waals surface area contributed by atoms with Crippen molar-refractivity contribution in [3.63, 3.8) is 0 Å². The molecule has 1 aliphatic rings. The summed E-state index contributed by atoms with van der Waals surface area (Å²) in [4.78, 5) is 4.38. The molecule has 0 unspecified atom stereocenters. The minimum atomic E-state index is -0.228. The number of phenolic OH excluding ortho intramolecular Hbond substituents is 1. The quantitative estimate of drug-likeness (QED) is 0.477. The molecule has 1 aromatic heterocycles. The number of benzene rings is 2. The summed E-state index contributed by atoms with van der Waals surface area (Å²) < 4.78 is 12.9. The van der Waals surface area contributed by atoms with Crippen molar-refractivity contribution in [2.24, 2.45) is 0 Å². The molecule has 138 valence electrons. The second kappa shape index (κ2) is 6.77. The predicted molar refractivity (Wildman–Crippen MR) is 98.1 cm³/mol. The number of anilines is 1. The third-order valence-electron chi connectivity index (χ3n) is 4.72. The number of aromatic nitrogens is 2. The molecular weight excluding hydrogens is 346 g/mol. The van der Waals surface area contributed by atoms with Crippen molar-refractivity contribution in [2.45, 2.75) is 12.5 Å². The van der Waals surface area contributed by atoms with E-state index in [1.807, 2.05) is 30.3 Å². The van der Waals surface area contributed by atoms with Crippen LogP contribution in [0.15, 0.2) is 48.8 Å². The number of fused-ring (bicyclic) bond motifs is 2. The molecule has 0 saturated carbocycles. The molecule has 0 fully saturated rings. The Kier molecular flexibility index (Phi) is 4.29. The van der Waals surface area contributed by atoms with E-state index in [1.54, 1.807) is 30.1 Å². The van der Waals surface area contributed by atoms with E-state index in [4.69, 9.17) is 15.2 Å². The Hall–Kier alpha value is -3.32. The number of nitrogens with two attached hydrogens (primary N) is 1. The Morgan fingerprint density at radius 3 is 2.70 bits per heavy atom. The molecule has 3 aromatic rings. The maximum atomic E-state index is 9.86. The molecule has 2 heterocycles. The summed E-state index contributed by atoms with van der Waals surface area (Å²) in [7, 11) is 1.62. The summed E-state index contributed by atoms with van der Waals surface area (Å²) in [6, 6.07) is 12.7. The number of aliphatic hydroxyl groups excluding tert-OH is 1. The molecule has 0 amide bonds. The van der Waals surface area contributed by atoms with E-state index in [-0.39, 0.29) is 18.3 Å². The van der Waals surface area contributed by atoms with Crippen molar-refractivity contribution in [3.05, 3.63) is 65.5 Å². The van der Waals surface area contributed by atoms with Gasteiger partial charge >= 0.3 is 5.88 Å². The van der Waals surface area contributed by atoms with Crippen molar-refractivity contribution in [1.29, 1.82) is 0 Å². The smallest absolute Gasteiger partial charge is 0.306 e. The fraction of sp³-hybridized carbons (Fsp3) is 0.200. The summed E-state index contributed by atoms with van der Waals surface area (Å²) in [5, 5.41) is 19.2. The zero-order valence-electron chi connectivity index (χ0n) is 14.8. The highest BCUT2D eigenvalue weighted by molar-refractivity contribution is 5.62. The van der Waals surface area contributed by atoms with E-state index >= 15 is 0 Å². The standard InChI is InChI=1S/C20H19N3O4/c1-26-14-5-2-12(3-6-14)17-15-7-4-13(25)10-16(15)27-20-18(17)19(21)23(8-9-24)11-22-20/h2-7,10-11,17,21,24-25H,8-9H2,1H3/p+1/t17-/m0/s1. The van der Waals surface area contributed by atoms with Crippen LogP contribution in [0, 0.1) is 0 Å². The average Bonchev–Trinajstić information content (AvgIpc) is 2.69. The van der Waals surface area contributed by atoms with Crippen LogP contribution in [0.3, 0.4) is 0 Å². The van der Waals surface area contributed by atoms with Crippen molar-refractivity contribution < 1.29 is 24.3 Å². The van der Waals surface area contributed by atoms with E-state index < -0.39 is 0 Å². The number of ether oxygens (including phenoxy) is 2. The Morgan fingerprint density at radius 1 is 1.22 bits per heavy atom. The van der Waals surface area contributed by atoms with Gasteiger partial charge in [0.2, 0.25) is 12.1 Å². The van der Waals surface area contributed by atoms with Gasteiger partial charge in [-0.15, -0.1) is 0 Å². The van der Waals surface area contributed by atoms with Crippen LogP contribution in [0.2, 0.25) is 0 Å². The molecule has 1 atom stereocenters. The molecular formula is C20H20N3O4+. The van der Waals surface area contributed by atoms with E-state index in [0.717, 1.165) is 22.4 Å². The Morgan fingerprint density at radius 2 is 2.00 bits per heavy atom. The molecule has 4 N–H and O–H groups in total. The number of nitrogens with zero attached hydrogens (tertiary/aromatic N) is 2. The number of aromatic hydroxyl groups is 1. The number of aliphatic hydroxyl groups is 1. The number of phenols is 1. The van der Waals surface area contributed by atoms with E-state index in [9.17, 15) is 10.2 Å². The van der Waals surface area contributed by atoms with Crippen LogP contribution < -0.4 is 19.8 Å². The molecule has 27 heavy (non-hydrogen) atoms. The van der Waals surface area contributed by atoms with Crippen LogP contribution in [0.5, 0.6) is 23.1 Å². The first-order chi connectivity index (χ1) is 13.1. The fourth-order valence-electron chi connectivity index (χ4n) is 3.41. The first-order valence-electron chi connectivity index (χ1n) is 8.55. The van der Waals surface area contributed by atoms with Gasteiger partial charge in [-0.2, -0.15) is 0 Å². The second-order valence-corrected chi connectivity index (χ2v) is 6.30. The predicted octanol–water partition coefficient (Wildman–Crippen LogP) is 1.94. The Labute approximate surface area is 156 Å². The second-order valence-electron chi connectivity index (χ2n) is 6.30. The third-order valence-corrected chi connectivity index (χ3v) is 4.72. The summed E-state index contributed by atoms with van der Waals surface area (Å²) in [6.07, 6.45) is 1.54. The lowest BCUT2D eigenvalue weighted by molar-refractivity contribution is -0.687. The zero-order chi connectivity index (χ0) is 19.0. The van der Waals surface area contributed by atoms with E-state index in [1.165, 1.54) is 0 Å². The lowest BCUT2D eigenvalue weighted by Gasteiger charge is -2.27. The van der Waals surface area contributed by atoms with Gasteiger partial charge in [0.1, 0.15) is 22.8 Å². The molecule has 0 aliphatic carbocycles. The first kappa shape index (κ1) is 17.1.